The van der Waals surface area contributed by atoms with Crippen LogP contribution in [0.1, 0.15) is 30.0 Å². The van der Waals surface area contributed by atoms with E-state index in [0.717, 1.165) is 36.3 Å². The maximum Gasteiger partial charge on any atom is 0.416 e. The van der Waals surface area contributed by atoms with E-state index in [9.17, 15) is 18.0 Å². The first-order valence-corrected chi connectivity index (χ1v) is 8.97. The Bertz CT molecular complexity index is 788. The average molecular weight is 365 g/mol. The van der Waals surface area contributed by atoms with E-state index in [1.165, 1.54) is 35.0 Å². The van der Waals surface area contributed by atoms with Crippen LogP contribution in [0, 0.1) is 0 Å². The summed E-state index contributed by atoms with van der Waals surface area (Å²) in [6.45, 7) is 1.75. The minimum Gasteiger partial charge on any atom is -0.325 e. The van der Waals surface area contributed by atoms with E-state index in [2.05, 4.69) is 17.4 Å². The first kappa shape index (κ1) is 17.9. The van der Waals surface area contributed by atoms with Gasteiger partial charge in [0.15, 0.2) is 0 Å². The van der Waals surface area contributed by atoms with Crippen molar-refractivity contribution >= 4 is 23.4 Å². The largest absolute Gasteiger partial charge is 0.416 e. The summed E-state index contributed by atoms with van der Waals surface area (Å²) in [6.07, 6.45) is -1.10. The molecule has 1 N–H and O–H groups in total. The van der Waals surface area contributed by atoms with Crippen LogP contribution in [0.2, 0.25) is 0 Å². The predicted molar refractivity (Wildman–Crippen MR) is 93.9 cm³/mol. The third-order valence-electron chi connectivity index (χ3n) is 4.21. The Morgan fingerprint density at radius 2 is 1.88 bits per heavy atom. The fourth-order valence-electron chi connectivity index (χ4n) is 2.90. The van der Waals surface area contributed by atoms with Crippen LogP contribution in [0.3, 0.4) is 0 Å². The number of thioether (sulfide) groups is 1. The number of anilines is 1. The number of benzene rings is 2. The molecule has 0 aromatic heterocycles. The number of rotatable bonds is 4. The summed E-state index contributed by atoms with van der Waals surface area (Å²) in [4.78, 5) is 13.3. The molecule has 0 saturated carbocycles. The van der Waals surface area contributed by atoms with Gasteiger partial charge in [-0.05, 0) is 67.6 Å². The molecule has 0 heterocycles. The third-order valence-corrected chi connectivity index (χ3v) is 5.30. The van der Waals surface area contributed by atoms with E-state index in [0.29, 0.717) is 0 Å². The SMILES string of the molecule is CC(Sc1ccc2c(c1)CCC2)C(=O)Nc1cccc(C(F)(F)F)c1. The van der Waals surface area contributed by atoms with Gasteiger partial charge in [0.2, 0.25) is 5.91 Å². The fraction of sp³-hybridized carbons (Fsp3) is 0.316. The number of alkyl halides is 3. The van der Waals surface area contributed by atoms with Crippen LogP contribution < -0.4 is 5.32 Å². The molecule has 0 fully saturated rings. The number of nitrogens with one attached hydrogen (secondary N) is 1. The molecule has 3 rings (SSSR count). The van der Waals surface area contributed by atoms with Crippen molar-refractivity contribution in [2.24, 2.45) is 0 Å². The average Bonchev–Trinajstić information content (AvgIpc) is 3.02. The van der Waals surface area contributed by atoms with Crippen molar-refractivity contribution in [2.75, 3.05) is 5.32 Å². The number of hydrogen-bond acceptors (Lipinski definition) is 2. The number of carbonyl (C=O) groups excluding carboxylic acids is 1. The lowest BCUT2D eigenvalue weighted by Gasteiger charge is -2.14. The Morgan fingerprint density at radius 1 is 1.12 bits per heavy atom. The maximum absolute atomic E-state index is 12.7. The highest BCUT2D eigenvalue weighted by Crippen LogP contribution is 2.32. The van der Waals surface area contributed by atoms with Crippen molar-refractivity contribution in [1.29, 1.82) is 0 Å². The molecule has 132 valence electrons. The van der Waals surface area contributed by atoms with Crippen molar-refractivity contribution in [3.63, 3.8) is 0 Å². The van der Waals surface area contributed by atoms with Crippen molar-refractivity contribution < 1.29 is 18.0 Å². The highest BCUT2D eigenvalue weighted by atomic mass is 32.2. The number of hydrogen-bond donors (Lipinski definition) is 1. The molecule has 0 spiro atoms. The van der Waals surface area contributed by atoms with Gasteiger partial charge in [0.05, 0.1) is 10.8 Å². The normalized spacial score (nSPS) is 14.9. The second kappa shape index (κ2) is 7.12. The molecule has 0 bridgehead atoms. The van der Waals surface area contributed by atoms with Crippen LogP contribution in [-0.2, 0) is 23.8 Å². The first-order valence-electron chi connectivity index (χ1n) is 8.09. The van der Waals surface area contributed by atoms with E-state index in [1.54, 1.807) is 6.92 Å². The molecule has 2 nitrogen and oxygen atoms in total. The smallest absolute Gasteiger partial charge is 0.325 e. The summed E-state index contributed by atoms with van der Waals surface area (Å²) in [6, 6.07) is 10.9. The summed E-state index contributed by atoms with van der Waals surface area (Å²) in [7, 11) is 0. The standard InChI is InChI=1S/C19H18F3NOS/c1-12(25-17-9-8-13-4-2-5-14(13)10-17)18(24)23-16-7-3-6-15(11-16)19(20,21)22/h3,6-12H,2,4-5H2,1H3,(H,23,24). The number of amides is 1. The molecule has 1 amide bonds. The van der Waals surface area contributed by atoms with E-state index in [1.807, 2.05) is 6.07 Å². The van der Waals surface area contributed by atoms with Crippen molar-refractivity contribution in [1.82, 2.24) is 0 Å². The topological polar surface area (TPSA) is 29.1 Å². The van der Waals surface area contributed by atoms with Gasteiger partial charge in [-0.1, -0.05) is 12.1 Å². The molecule has 1 atom stereocenters. The number of halogens is 3. The van der Waals surface area contributed by atoms with E-state index >= 15 is 0 Å². The molecule has 0 aliphatic heterocycles. The molecular weight excluding hydrogens is 347 g/mol. The van der Waals surface area contributed by atoms with Crippen LogP contribution in [0.5, 0.6) is 0 Å². The zero-order valence-electron chi connectivity index (χ0n) is 13.7. The van der Waals surface area contributed by atoms with E-state index in [4.69, 9.17) is 0 Å². The highest BCUT2D eigenvalue weighted by molar-refractivity contribution is 8.00. The quantitative estimate of drug-likeness (QED) is 0.744. The van der Waals surface area contributed by atoms with E-state index in [-0.39, 0.29) is 11.6 Å². The summed E-state index contributed by atoms with van der Waals surface area (Å²) < 4.78 is 38.2. The third kappa shape index (κ3) is 4.37. The molecule has 1 unspecified atom stereocenters. The number of fused-ring (bicyclic) bond motifs is 1. The molecule has 0 radical (unpaired) electrons. The lowest BCUT2D eigenvalue weighted by molar-refractivity contribution is -0.137. The summed E-state index contributed by atoms with van der Waals surface area (Å²) in [5.41, 5.74) is 2.08. The summed E-state index contributed by atoms with van der Waals surface area (Å²) in [5.74, 6) is -0.315. The van der Waals surface area contributed by atoms with E-state index < -0.39 is 17.0 Å². The van der Waals surface area contributed by atoms with Gasteiger partial charge in [0.25, 0.3) is 0 Å². The zero-order chi connectivity index (χ0) is 18.0. The predicted octanol–water partition coefficient (Wildman–Crippen LogP) is 5.31. The monoisotopic (exact) mass is 365 g/mol. The zero-order valence-corrected chi connectivity index (χ0v) is 14.5. The second-order valence-corrected chi connectivity index (χ2v) is 7.53. The number of carbonyl (C=O) groups is 1. The van der Waals surface area contributed by atoms with Gasteiger partial charge in [-0.25, -0.2) is 0 Å². The highest BCUT2D eigenvalue weighted by Gasteiger charge is 2.30. The van der Waals surface area contributed by atoms with Crippen LogP contribution in [0.25, 0.3) is 0 Å². The Balaban J connectivity index is 1.65. The molecular formula is C19H18F3NOS. The van der Waals surface area contributed by atoms with Crippen LogP contribution in [0.15, 0.2) is 47.4 Å². The molecule has 1 aliphatic rings. The maximum atomic E-state index is 12.7. The Labute approximate surface area is 148 Å². The molecule has 2 aromatic carbocycles. The van der Waals surface area contributed by atoms with Crippen molar-refractivity contribution in [2.45, 2.75) is 42.5 Å². The Kier molecular flexibility index (Phi) is 5.08. The molecule has 2 aromatic rings. The summed E-state index contributed by atoms with van der Waals surface area (Å²) >= 11 is 1.41. The van der Waals surface area contributed by atoms with Gasteiger partial charge in [-0.15, -0.1) is 11.8 Å². The minimum absolute atomic E-state index is 0.154. The first-order chi connectivity index (χ1) is 11.8. The van der Waals surface area contributed by atoms with Gasteiger partial charge in [-0.2, -0.15) is 13.2 Å². The molecule has 25 heavy (non-hydrogen) atoms. The summed E-state index contributed by atoms with van der Waals surface area (Å²) in [5, 5.41) is 2.16. The molecule has 0 saturated heterocycles. The van der Waals surface area contributed by atoms with Gasteiger partial charge in [-0.3, -0.25) is 4.79 Å². The molecule has 6 heteroatoms. The van der Waals surface area contributed by atoms with Gasteiger partial charge in [0, 0.05) is 10.6 Å². The van der Waals surface area contributed by atoms with Crippen LogP contribution in [-0.4, -0.2) is 11.2 Å². The second-order valence-electron chi connectivity index (χ2n) is 6.11. The van der Waals surface area contributed by atoms with Crippen LogP contribution in [0.4, 0.5) is 18.9 Å². The minimum atomic E-state index is -4.43. The number of aryl methyl sites for hydroxylation is 2. The van der Waals surface area contributed by atoms with Gasteiger partial charge < -0.3 is 5.32 Å². The van der Waals surface area contributed by atoms with Gasteiger partial charge >= 0.3 is 6.18 Å². The van der Waals surface area contributed by atoms with Crippen molar-refractivity contribution in [3.05, 3.63) is 59.2 Å². The fourth-order valence-corrected chi connectivity index (χ4v) is 3.83. The van der Waals surface area contributed by atoms with Crippen LogP contribution >= 0.6 is 11.8 Å². The Morgan fingerprint density at radius 3 is 2.64 bits per heavy atom. The van der Waals surface area contributed by atoms with Crippen molar-refractivity contribution in [3.8, 4) is 0 Å². The Hall–Kier alpha value is -1.95. The molecule has 1 aliphatic carbocycles. The lowest BCUT2D eigenvalue weighted by Crippen LogP contribution is -2.22. The lowest BCUT2D eigenvalue weighted by atomic mass is 10.1. The van der Waals surface area contributed by atoms with Gasteiger partial charge in [0.1, 0.15) is 0 Å².